The zero-order valence-electron chi connectivity index (χ0n) is 8.16. The molecular formula is C12H13ClO. The first kappa shape index (κ1) is 11.0. The summed E-state index contributed by atoms with van der Waals surface area (Å²) in [5.41, 5.74) is 2.13. The second-order valence-electron chi connectivity index (χ2n) is 3.13. The van der Waals surface area contributed by atoms with Crippen molar-refractivity contribution in [2.24, 2.45) is 0 Å². The van der Waals surface area contributed by atoms with Gasteiger partial charge in [0.05, 0.1) is 0 Å². The number of allylic oxidation sites excluding steroid dienone is 1. The molecule has 0 fully saturated rings. The highest BCUT2D eigenvalue weighted by molar-refractivity contribution is 6.19. The second-order valence-corrected chi connectivity index (χ2v) is 3.44. The molecule has 0 aromatic heterocycles. The second kappa shape index (κ2) is 5.61. The lowest BCUT2D eigenvalue weighted by atomic mass is 10.0. The molecule has 0 aliphatic carbocycles. The molecule has 0 spiro atoms. The lowest BCUT2D eigenvalue weighted by Gasteiger charge is -2.02. The molecule has 1 rings (SSSR count). The maximum Gasteiger partial charge on any atom is 0.134 e. The Hall–Kier alpha value is -1.08. The molecular weight excluding hydrogens is 196 g/mol. The van der Waals surface area contributed by atoms with Crippen LogP contribution in [0.15, 0.2) is 30.3 Å². The third-order valence-electron chi connectivity index (χ3n) is 1.88. The van der Waals surface area contributed by atoms with Gasteiger partial charge in [0, 0.05) is 12.3 Å². The van der Waals surface area contributed by atoms with Crippen LogP contribution in [0.3, 0.4) is 0 Å². The minimum atomic E-state index is 0.178. The molecule has 0 saturated carbocycles. The fraction of sp³-hybridized carbons (Fsp3) is 0.250. The number of hydrogen-bond donors (Lipinski definition) is 0. The quantitative estimate of drug-likeness (QED) is 0.695. The van der Waals surface area contributed by atoms with Gasteiger partial charge in [-0.3, -0.25) is 4.79 Å². The lowest BCUT2D eigenvalue weighted by Crippen LogP contribution is -1.98. The monoisotopic (exact) mass is 208 g/mol. The molecule has 1 aromatic carbocycles. The molecule has 1 nitrogen and oxygen atoms in total. The molecule has 0 saturated heterocycles. The predicted molar refractivity (Wildman–Crippen MR) is 60.6 cm³/mol. The van der Waals surface area contributed by atoms with Gasteiger partial charge in [0.25, 0.3) is 0 Å². The number of carbonyl (C=O) groups is 1. The number of benzene rings is 1. The van der Waals surface area contributed by atoms with E-state index in [-0.39, 0.29) is 5.78 Å². The largest absolute Gasteiger partial charge is 0.300 e. The van der Waals surface area contributed by atoms with E-state index >= 15 is 0 Å². The van der Waals surface area contributed by atoms with Crippen LogP contribution in [-0.2, 0) is 11.2 Å². The van der Waals surface area contributed by atoms with E-state index in [1.54, 1.807) is 6.92 Å². The van der Waals surface area contributed by atoms with Crippen LogP contribution >= 0.6 is 11.6 Å². The average molecular weight is 209 g/mol. The van der Waals surface area contributed by atoms with Crippen LogP contribution in [0, 0.1) is 0 Å². The molecule has 1 aromatic rings. The highest BCUT2D eigenvalue weighted by atomic mass is 35.5. The molecule has 0 atom stereocenters. The predicted octanol–water partition coefficient (Wildman–Crippen LogP) is 3.07. The van der Waals surface area contributed by atoms with E-state index < -0.39 is 0 Å². The standard InChI is InChI=1S/C12H13ClO/c1-10(14)9-12-6-3-2-5-11(12)7-4-8-13/h2-7H,8-9H2,1H3. The van der Waals surface area contributed by atoms with Crippen LogP contribution in [0.1, 0.15) is 18.1 Å². The summed E-state index contributed by atoms with van der Waals surface area (Å²) >= 11 is 5.56. The van der Waals surface area contributed by atoms with Crippen LogP contribution in [-0.4, -0.2) is 11.7 Å². The summed E-state index contributed by atoms with van der Waals surface area (Å²) in [6.45, 7) is 1.60. The third-order valence-corrected chi connectivity index (χ3v) is 2.06. The van der Waals surface area contributed by atoms with Crippen LogP contribution in [0.4, 0.5) is 0 Å². The average Bonchev–Trinajstić information content (AvgIpc) is 2.16. The van der Waals surface area contributed by atoms with Gasteiger partial charge in [-0.1, -0.05) is 36.4 Å². The Labute approximate surface area is 89.4 Å². The molecule has 0 unspecified atom stereocenters. The Kier molecular flexibility index (Phi) is 4.41. The van der Waals surface area contributed by atoms with Crippen molar-refractivity contribution in [3.05, 3.63) is 41.5 Å². The first-order valence-electron chi connectivity index (χ1n) is 4.54. The molecule has 0 bridgehead atoms. The number of ketones is 1. The fourth-order valence-electron chi connectivity index (χ4n) is 1.30. The summed E-state index contributed by atoms with van der Waals surface area (Å²) in [5, 5.41) is 0. The number of rotatable bonds is 4. The van der Waals surface area contributed by atoms with Gasteiger partial charge in [-0.15, -0.1) is 11.6 Å². The maximum absolute atomic E-state index is 11.0. The van der Waals surface area contributed by atoms with Crippen LogP contribution < -0.4 is 0 Å². The number of Topliss-reactive ketones (excluding diaryl/α,β-unsaturated/α-hetero) is 1. The van der Waals surface area contributed by atoms with E-state index in [2.05, 4.69) is 0 Å². The molecule has 0 radical (unpaired) electrons. The van der Waals surface area contributed by atoms with Crippen molar-refractivity contribution in [2.75, 3.05) is 5.88 Å². The van der Waals surface area contributed by atoms with E-state index in [4.69, 9.17) is 11.6 Å². The highest BCUT2D eigenvalue weighted by Crippen LogP contribution is 2.11. The van der Waals surface area contributed by atoms with Gasteiger partial charge >= 0.3 is 0 Å². The molecule has 14 heavy (non-hydrogen) atoms. The van der Waals surface area contributed by atoms with Gasteiger partial charge in [0.1, 0.15) is 5.78 Å². The SMILES string of the molecule is CC(=O)Cc1ccccc1C=CCCl. The topological polar surface area (TPSA) is 17.1 Å². The molecule has 74 valence electrons. The number of hydrogen-bond acceptors (Lipinski definition) is 1. The van der Waals surface area contributed by atoms with Gasteiger partial charge in [0.2, 0.25) is 0 Å². The smallest absolute Gasteiger partial charge is 0.134 e. The zero-order valence-corrected chi connectivity index (χ0v) is 8.92. The summed E-state index contributed by atoms with van der Waals surface area (Å²) in [4.78, 5) is 11.0. The van der Waals surface area contributed by atoms with Crippen LogP contribution in [0.25, 0.3) is 6.08 Å². The Morgan fingerprint density at radius 2 is 2.14 bits per heavy atom. The van der Waals surface area contributed by atoms with E-state index in [1.807, 2.05) is 36.4 Å². The van der Waals surface area contributed by atoms with Crippen LogP contribution in [0.5, 0.6) is 0 Å². The normalized spacial score (nSPS) is 10.7. The first-order valence-corrected chi connectivity index (χ1v) is 5.07. The molecule has 0 heterocycles. The molecule has 2 heteroatoms. The minimum Gasteiger partial charge on any atom is -0.300 e. The third kappa shape index (κ3) is 3.35. The van der Waals surface area contributed by atoms with Crippen molar-refractivity contribution >= 4 is 23.5 Å². The van der Waals surface area contributed by atoms with Crippen molar-refractivity contribution in [1.29, 1.82) is 0 Å². The van der Waals surface area contributed by atoms with Crippen molar-refractivity contribution in [2.45, 2.75) is 13.3 Å². The van der Waals surface area contributed by atoms with Crippen LogP contribution in [0.2, 0.25) is 0 Å². The Bertz CT molecular complexity index is 342. The molecule has 0 aliphatic rings. The highest BCUT2D eigenvalue weighted by Gasteiger charge is 2.00. The van der Waals surface area contributed by atoms with E-state index in [0.717, 1.165) is 11.1 Å². The summed E-state index contributed by atoms with van der Waals surface area (Å²) in [5.74, 6) is 0.672. The number of alkyl halides is 1. The Morgan fingerprint density at radius 3 is 2.79 bits per heavy atom. The molecule has 0 N–H and O–H groups in total. The molecule has 0 aliphatic heterocycles. The Morgan fingerprint density at radius 1 is 1.43 bits per heavy atom. The van der Waals surface area contributed by atoms with Crippen molar-refractivity contribution < 1.29 is 4.79 Å². The Balaban J connectivity index is 2.90. The van der Waals surface area contributed by atoms with Gasteiger partial charge in [0.15, 0.2) is 0 Å². The van der Waals surface area contributed by atoms with Crippen molar-refractivity contribution in [1.82, 2.24) is 0 Å². The summed E-state index contributed by atoms with van der Waals surface area (Å²) in [6.07, 6.45) is 4.31. The van der Waals surface area contributed by atoms with Gasteiger partial charge in [-0.2, -0.15) is 0 Å². The lowest BCUT2D eigenvalue weighted by molar-refractivity contribution is -0.116. The van der Waals surface area contributed by atoms with E-state index in [0.29, 0.717) is 12.3 Å². The van der Waals surface area contributed by atoms with Gasteiger partial charge in [-0.05, 0) is 18.1 Å². The minimum absolute atomic E-state index is 0.178. The van der Waals surface area contributed by atoms with E-state index in [1.165, 1.54) is 0 Å². The summed E-state index contributed by atoms with van der Waals surface area (Å²) in [6, 6.07) is 7.85. The van der Waals surface area contributed by atoms with E-state index in [9.17, 15) is 4.79 Å². The van der Waals surface area contributed by atoms with Crippen molar-refractivity contribution in [3.8, 4) is 0 Å². The number of halogens is 1. The maximum atomic E-state index is 11.0. The first-order chi connectivity index (χ1) is 6.74. The summed E-state index contributed by atoms with van der Waals surface area (Å²) < 4.78 is 0. The van der Waals surface area contributed by atoms with Gasteiger partial charge < -0.3 is 0 Å². The molecule has 0 amide bonds. The summed E-state index contributed by atoms with van der Waals surface area (Å²) in [7, 11) is 0. The number of carbonyl (C=O) groups excluding carboxylic acids is 1. The van der Waals surface area contributed by atoms with Gasteiger partial charge in [-0.25, -0.2) is 0 Å². The zero-order chi connectivity index (χ0) is 10.4. The fourth-order valence-corrected chi connectivity index (χ4v) is 1.39. The van der Waals surface area contributed by atoms with Crippen molar-refractivity contribution in [3.63, 3.8) is 0 Å².